The van der Waals surface area contributed by atoms with Crippen LogP contribution in [0, 0.1) is 0 Å². The van der Waals surface area contributed by atoms with Gasteiger partial charge in [0, 0.05) is 19.1 Å². The fraction of sp³-hybridized carbons (Fsp3) is 1.00. The summed E-state index contributed by atoms with van der Waals surface area (Å²) in [7, 11) is 0. The first-order valence-electron chi connectivity index (χ1n) is 2.96. The van der Waals surface area contributed by atoms with E-state index in [4.69, 9.17) is 10.6 Å². The Labute approximate surface area is 49.4 Å². The van der Waals surface area contributed by atoms with Crippen LogP contribution < -0.4 is 5.73 Å². The molecule has 0 aromatic heterocycles. The number of rotatable bonds is 1. The first-order chi connectivity index (χ1) is 3.83. The van der Waals surface area contributed by atoms with Gasteiger partial charge in [-0.1, -0.05) is 6.92 Å². The highest BCUT2D eigenvalue weighted by Crippen LogP contribution is 2.00. The van der Waals surface area contributed by atoms with Crippen LogP contribution in [0.15, 0.2) is 0 Å². The Kier molecular flexibility index (Phi) is 1.83. The minimum Gasteiger partial charge on any atom is -0.325 e. The third-order valence-electron chi connectivity index (χ3n) is 1.26. The molecular formula is C5H12N2O. The molecule has 0 unspecified atom stereocenters. The molecule has 1 rings (SSSR count). The van der Waals surface area contributed by atoms with E-state index in [1.54, 1.807) is 0 Å². The second-order valence-corrected chi connectivity index (χ2v) is 2.04. The number of nitrogens with zero attached hydrogens (tertiary/aromatic N) is 1. The van der Waals surface area contributed by atoms with Crippen LogP contribution in [0.2, 0.25) is 0 Å². The van der Waals surface area contributed by atoms with E-state index >= 15 is 0 Å². The van der Waals surface area contributed by atoms with Crippen LogP contribution in [0.3, 0.4) is 0 Å². The van der Waals surface area contributed by atoms with Crippen molar-refractivity contribution in [2.75, 3.05) is 19.7 Å². The summed E-state index contributed by atoms with van der Waals surface area (Å²) in [6.07, 6.45) is 0. The van der Waals surface area contributed by atoms with E-state index in [1.165, 1.54) is 0 Å². The summed E-state index contributed by atoms with van der Waals surface area (Å²) in [5.74, 6) is 0. The molecule has 1 saturated heterocycles. The van der Waals surface area contributed by atoms with Crippen LogP contribution in [-0.2, 0) is 4.84 Å². The molecule has 3 heteroatoms. The molecule has 8 heavy (non-hydrogen) atoms. The van der Waals surface area contributed by atoms with E-state index < -0.39 is 0 Å². The lowest BCUT2D eigenvalue weighted by Crippen LogP contribution is -2.26. The Morgan fingerprint density at radius 3 is 2.88 bits per heavy atom. The van der Waals surface area contributed by atoms with Crippen molar-refractivity contribution in [3.05, 3.63) is 0 Å². The van der Waals surface area contributed by atoms with Crippen molar-refractivity contribution in [2.45, 2.75) is 13.0 Å². The molecule has 1 atom stereocenters. The van der Waals surface area contributed by atoms with E-state index in [-0.39, 0.29) is 6.04 Å². The minimum atomic E-state index is 0.231. The summed E-state index contributed by atoms with van der Waals surface area (Å²) in [4.78, 5) is 5.12. The summed E-state index contributed by atoms with van der Waals surface area (Å²) in [6, 6.07) is 0.231. The van der Waals surface area contributed by atoms with Crippen molar-refractivity contribution in [3.63, 3.8) is 0 Å². The number of nitrogens with two attached hydrogens (primary N) is 1. The van der Waals surface area contributed by atoms with Gasteiger partial charge in [0.1, 0.15) is 0 Å². The first kappa shape index (κ1) is 6.01. The smallest absolute Gasteiger partial charge is 0.0849 e. The van der Waals surface area contributed by atoms with Gasteiger partial charge < -0.3 is 5.73 Å². The summed E-state index contributed by atoms with van der Waals surface area (Å²) in [5.41, 5.74) is 5.53. The average molecular weight is 116 g/mol. The second-order valence-electron chi connectivity index (χ2n) is 2.04. The van der Waals surface area contributed by atoms with Gasteiger partial charge in [-0.25, -0.2) is 0 Å². The molecule has 1 heterocycles. The van der Waals surface area contributed by atoms with Gasteiger partial charge in [0.25, 0.3) is 0 Å². The molecular weight excluding hydrogens is 104 g/mol. The maximum atomic E-state index is 5.53. The molecule has 0 saturated carbocycles. The molecule has 0 spiro atoms. The topological polar surface area (TPSA) is 38.5 Å². The Morgan fingerprint density at radius 2 is 2.62 bits per heavy atom. The molecule has 1 fully saturated rings. The maximum absolute atomic E-state index is 5.53. The highest BCUT2D eigenvalue weighted by molar-refractivity contribution is 4.67. The highest BCUT2D eigenvalue weighted by atomic mass is 16.7. The van der Waals surface area contributed by atoms with Crippen LogP contribution in [0.5, 0.6) is 0 Å². The van der Waals surface area contributed by atoms with Gasteiger partial charge in [-0.3, -0.25) is 4.84 Å². The Hall–Kier alpha value is -0.120. The molecule has 1 aliphatic rings. The fourth-order valence-corrected chi connectivity index (χ4v) is 0.789. The van der Waals surface area contributed by atoms with Crippen LogP contribution in [0.1, 0.15) is 6.92 Å². The van der Waals surface area contributed by atoms with Crippen LogP contribution >= 0.6 is 0 Å². The molecule has 0 radical (unpaired) electrons. The quantitative estimate of drug-likeness (QED) is 0.505. The third kappa shape index (κ3) is 1.18. The van der Waals surface area contributed by atoms with Gasteiger partial charge in [-0.15, -0.1) is 0 Å². The number of likely N-dealkylation sites (N-methyl/N-ethyl adjacent to an activating group) is 1. The van der Waals surface area contributed by atoms with Crippen molar-refractivity contribution in [3.8, 4) is 0 Å². The van der Waals surface area contributed by atoms with E-state index in [0.29, 0.717) is 6.61 Å². The van der Waals surface area contributed by atoms with E-state index in [9.17, 15) is 0 Å². The van der Waals surface area contributed by atoms with Crippen molar-refractivity contribution in [1.29, 1.82) is 0 Å². The van der Waals surface area contributed by atoms with Crippen molar-refractivity contribution in [1.82, 2.24) is 5.06 Å². The van der Waals surface area contributed by atoms with Crippen molar-refractivity contribution >= 4 is 0 Å². The standard InChI is InChI=1S/C5H12N2O/c1-2-7-3-5(6)4-8-7/h5H,2-4,6H2,1H3/t5-/m1/s1. The second kappa shape index (κ2) is 2.44. The van der Waals surface area contributed by atoms with Crippen molar-refractivity contribution < 1.29 is 4.84 Å². The fourth-order valence-electron chi connectivity index (χ4n) is 0.789. The van der Waals surface area contributed by atoms with Crippen molar-refractivity contribution in [2.24, 2.45) is 5.73 Å². The summed E-state index contributed by atoms with van der Waals surface area (Å²) in [5, 5.41) is 1.88. The molecule has 0 aromatic carbocycles. The number of hydrogen-bond donors (Lipinski definition) is 1. The summed E-state index contributed by atoms with van der Waals surface area (Å²) in [6.45, 7) is 4.57. The monoisotopic (exact) mass is 116 g/mol. The van der Waals surface area contributed by atoms with E-state index in [0.717, 1.165) is 13.1 Å². The normalized spacial score (nSPS) is 31.5. The highest BCUT2D eigenvalue weighted by Gasteiger charge is 2.17. The lowest BCUT2D eigenvalue weighted by atomic mass is 10.3. The lowest BCUT2D eigenvalue weighted by molar-refractivity contribution is -0.105. The predicted molar refractivity (Wildman–Crippen MR) is 31.2 cm³/mol. The van der Waals surface area contributed by atoms with E-state index in [1.807, 2.05) is 5.06 Å². The molecule has 0 aromatic rings. The minimum absolute atomic E-state index is 0.231. The van der Waals surface area contributed by atoms with Gasteiger partial charge >= 0.3 is 0 Å². The predicted octanol–water partition coefficient (Wildman–Crippen LogP) is -0.419. The van der Waals surface area contributed by atoms with Gasteiger partial charge in [0.2, 0.25) is 0 Å². The maximum Gasteiger partial charge on any atom is 0.0849 e. The first-order valence-corrected chi connectivity index (χ1v) is 2.96. The molecule has 0 aliphatic carbocycles. The third-order valence-corrected chi connectivity index (χ3v) is 1.26. The van der Waals surface area contributed by atoms with Gasteiger partial charge in [-0.05, 0) is 0 Å². The molecule has 3 nitrogen and oxygen atoms in total. The zero-order valence-electron chi connectivity index (χ0n) is 5.13. The molecule has 1 aliphatic heterocycles. The Bertz CT molecular complexity index is 76.8. The molecule has 0 bridgehead atoms. The van der Waals surface area contributed by atoms with Crippen LogP contribution in [0.25, 0.3) is 0 Å². The van der Waals surface area contributed by atoms with Gasteiger partial charge in [0.15, 0.2) is 0 Å². The van der Waals surface area contributed by atoms with Crippen LogP contribution in [0.4, 0.5) is 0 Å². The molecule has 48 valence electrons. The zero-order chi connectivity index (χ0) is 5.98. The largest absolute Gasteiger partial charge is 0.325 e. The summed E-state index contributed by atoms with van der Waals surface area (Å²) < 4.78 is 0. The van der Waals surface area contributed by atoms with E-state index in [2.05, 4.69) is 6.92 Å². The Balaban J connectivity index is 2.22. The zero-order valence-corrected chi connectivity index (χ0v) is 5.13. The van der Waals surface area contributed by atoms with Crippen LogP contribution in [-0.4, -0.2) is 30.8 Å². The SMILES string of the molecule is CCN1C[C@@H](N)CO1. The Morgan fingerprint density at radius 1 is 1.88 bits per heavy atom. The average Bonchev–Trinajstić information content (AvgIpc) is 2.14. The number of hydroxylamine groups is 2. The lowest BCUT2D eigenvalue weighted by Gasteiger charge is -2.07. The van der Waals surface area contributed by atoms with Gasteiger partial charge in [0.05, 0.1) is 6.61 Å². The summed E-state index contributed by atoms with van der Waals surface area (Å²) >= 11 is 0. The van der Waals surface area contributed by atoms with Gasteiger partial charge in [-0.2, -0.15) is 5.06 Å². The molecule has 0 amide bonds. The number of hydrogen-bond acceptors (Lipinski definition) is 3. The molecule has 2 N–H and O–H groups in total.